The fraction of sp³-hybridized carbons (Fsp3) is 0.680. The Morgan fingerprint density at radius 1 is 0.977 bits per heavy atom. The molecule has 0 spiro atoms. The minimum atomic E-state index is -1.54. The van der Waals surface area contributed by atoms with E-state index in [0.717, 1.165) is 0 Å². The van der Waals surface area contributed by atoms with Crippen molar-refractivity contribution >= 4 is 59.1 Å². The van der Waals surface area contributed by atoms with Gasteiger partial charge in [-0.3, -0.25) is 38.6 Å². The first-order valence-corrected chi connectivity index (χ1v) is 15.0. The second kappa shape index (κ2) is 14.9. The number of rotatable bonds is 7. The van der Waals surface area contributed by atoms with Gasteiger partial charge in [0, 0.05) is 12.3 Å². The number of nitrogens with zero attached hydrogens (tertiary/aromatic N) is 2. The lowest BCUT2D eigenvalue weighted by atomic mass is 9.99. The highest BCUT2D eigenvalue weighted by atomic mass is 32.2. The maximum atomic E-state index is 13.5. The summed E-state index contributed by atoms with van der Waals surface area (Å²) in [5.41, 5.74) is 10.7. The summed E-state index contributed by atoms with van der Waals surface area (Å²) in [6, 6.07) is -5.73. The number of nitrogens with one attached hydrogen (secondary N) is 5. The Morgan fingerprint density at radius 2 is 1.70 bits per heavy atom. The number of hydrogen-bond acceptors (Lipinski definition) is 9. The van der Waals surface area contributed by atoms with E-state index >= 15 is 0 Å². The minimum Gasteiger partial charge on any atom is -0.481 e. The molecule has 238 valence electrons. The summed E-state index contributed by atoms with van der Waals surface area (Å²) >= 11 is 1.41. The maximum Gasteiger partial charge on any atom is 0.305 e. The lowest BCUT2D eigenvalue weighted by Gasteiger charge is -2.37. The fourth-order valence-corrected chi connectivity index (χ4v) is 6.47. The molecule has 10 N–H and O–H groups in total. The van der Waals surface area contributed by atoms with Crippen molar-refractivity contribution < 1.29 is 38.7 Å². The van der Waals surface area contributed by atoms with Crippen molar-refractivity contribution in [3.8, 4) is 0 Å². The zero-order chi connectivity index (χ0) is 31.8. The van der Waals surface area contributed by atoms with Gasteiger partial charge in [0.2, 0.25) is 35.4 Å². The molecular weight excluding hydrogens is 586 g/mol. The summed E-state index contributed by atoms with van der Waals surface area (Å²) in [6.07, 6.45) is 0.283. The standard InChI is InChI=1S/C25H39N9O8S/c1-11(2)19-23(41)31-12(4-3-7-28-25(26)27)20(38)29-9-16(35)30-14(8-18(36)37)21(39)32-13-5-6-17-34(24(13)42)15(10-43-17)22(40)33-19/h11-15,17,19H,3-10H2,1-2H3,(H,29,38)(H,30,35)(H,31,41)(H,32,39)(H,33,40)(H,36,37)(H4,26,27,28)/t12-,13-,14-,15-,17-,19-/m0/s1. The van der Waals surface area contributed by atoms with E-state index in [0.29, 0.717) is 6.42 Å². The van der Waals surface area contributed by atoms with Crippen LogP contribution in [0.2, 0.25) is 0 Å². The van der Waals surface area contributed by atoms with E-state index in [1.807, 2.05) is 0 Å². The van der Waals surface area contributed by atoms with Gasteiger partial charge < -0.3 is 48.1 Å². The van der Waals surface area contributed by atoms with Gasteiger partial charge in [0.25, 0.3) is 0 Å². The minimum absolute atomic E-state index is 0.0728. The molecule has 0 unspecified atom stereocenters. The molecule has 0 radical (unpaired) electrons. The van der Waals surface area contributed by atoms with Crippen molar-refractivity contribution in [1.82, 2.24) is 31.5 Å². The average molecular weight is 626 g/mol. The molecule has 3 heterocycles. The number of guanidine groups is 1. The Kier molecular flexibility index (Phi) is 11.6. The Labute approximate surface area is 252 Å². The van der Waals surface area contributed by atoms with Crippen molar-refractivity contribution in [1.29, 1.82) is 0 Å². The molecule has 0 aliphatic carbocycles. The summed E-state index contributed by atoms with van der Waals surface area (Å²) in [5.74, 6) is -5.87. The van der Waals surface area contributed by atoms with E-state index in [9.17, 15) is 38.7 Å². The zero-order valence-corrected chi connectivity index (χ0v) is 24.8. The van der Waals surface area contributed by atoms with Crippen LogP contribution in [-0.2, 0) is 33.6 Å². The van der Waals surface area contributed by atoms with Crippen LogP contribution in [0.25, 0.3) is 0 Å². The van der Waals surface area contributed by atoms with Crippen LogP contribution in [0.3, 0.4) is 0 Å². The number of amides is 6. The summed E-state index contributed by atoms with van der Waals surface area (Å²) in [6.45, 7) is 2.95. The normalized spacial score (nSPS) is 29.0. The van der Waals surface area contributed by atoms with Gasteiger partial charge in [0.1, 0.15) is 30.2 Å². The van der Waals surface area contributed by atoms with Crippen molar-refractivity contribution in [2.45, 2.75) is 81.5 Å². The lowest BCUT2D eigenvalue weighted by molar-refractivity contribution is -0.146. The molecule has 3 aliphatic rings. The Morgan fingerprint density at radius 3 is 2.35 bits per heavy atom. The number of aliphatic imine (C=N–C) groups is 1. The number of carboxylic acid groups (broad SMARTS) is 1. The molecule has 0 aromatic heterocycles. The van der Waals surface area contributed by atoms with Crippen molar-refractivity contribution in [3.05, 3.63) is 0 Å². The van der Waals surface area contributed by atoms with Crippen LogP contribution in [0.1, 0.15) is 46.0 Å². The maximum absolute atomic E-state index is 13.5. The highest BCUT2D eigenvalue weighted by Gasteiger charge is 2.48. The Bertz CT molecular complexity index is 1160. The van der Waals surface area contributed by atoms with Gasteiger partial charge in [-0.1, -0.05) is 13.8 Å². The van der Waals surface area contributed by atoms with E-state index < -0.39 is 90.5 Å². The summed E-state index contributed by atoms with van der Waals surface area (Å²) < 4.78 is 0. The Balaban J connectivity index is 1.91. The highest BCUT2D eigenvalue weighted by molar-refractivity contribution is 8.00. The fourth-order valence-electron chi connectivity index (χ4n) is 5.04. The Hall–Kier alpha value is -4.09. The van der Waals surface area contributed by atoms with Crippen molar-refractivity contribution in [2.24, 2.45) is 22.4 Å². The molecule has 3 saturated heterocycles. The van der Waals surface area contributed by atoms with Gasteiger partial charge in [-0.2, -0.15) is 0 Å². The largest absolute Gasteiger partial charge is 0.481 e. The third-order valence-electron chi connectivity index (χ3n) is 7.25. The van der Waals surface area contributed by atoms with Crippen molar-refractivity contribution in [2.75, 3.05) is 18.8 Å². The molecule has 3 rings (SSSR count). The van der Waals surface area contributed by atoms with Gasteiger partial charge in [-0.05, 0) is 31.6 Å². The van der Waals surface area contributed by atoms with E-state index in [2.05, 4.69) is 31.6 Å². The third kappa shape index (κ3) is 8.95. The highest BCUT2D eigenvalue weighted by Crippen LogP contribution is 2.36. The number of fused-ring (bicyclic) bond motifs is 1. The number of thioether (sulfide) groups is 1. The average Bonchev–Trinajstić information content (AvgIpc) is 3.37. The molecule has 18 heteroatoms. The molecule has 17 nitrogen and oxygen atoms in total. The molecule has 3 aliphatic heterocycles. The van der Waals surface area contributed by atoms with Gasteiger partial charge in [-0.15, -0.1) is 11.8 Å². The van der Waals surface area contributed by atoms with Gasteiger partial charge in [0.15, 0.2) is 5.96 Å². The molecule has 0 aromatic rings. The second-order valence-electron chi connectivity index (χ2n) is 10.9. The van der Waals surface area contributed by atoms with E-state index in [1.54, 1.807) is 13.8 Å². The molecule has 6 amide bonds. The van der Waals surface area contributed by atoms with E-state index in [1.165, 1.54) is 16.7 Å². The number of piperidine rings is 1. The predicted octanol–water partition coefficient (Wildman–Crippen LogP) is -3.70. The topological polar surface area (TPSA) is 268 Å². The quantitative estimate of drug-likeness (QED) is 0.0775. The second-order valence-corrected chi connectivity index (χ2v) is 12.1. The summed E-state index contributed by atoms with van der Waals surface area (Å²) in [4.78, 5) is 95.7. The zero-order valence-electron chi connectivity index (χ0n) is 24.0. The smallest absolute Gasteiger partial charge is 0.305 e. The molecule has 0 aromatic carbocycles. The molecule has 6 atom stereocenters. The summed E-state index contributed by atoms with van der Waals surface area (Å²) in [5, 5.41) is 21.5. The van der Waals surface area contributed by atoms with Gasteiger partial charge in [0.05, 0.1) is 18.3 Å². The molecular formula is C25H39N9O8S. The van der Waals surface area contributed by atoms with E-state index in [4.69, 9.17) is 11.5 Å². The number of nitrogens with two attached hydrogens (primary N) is 2. The van der Waals surface area contributed by atoms with Crippen LogP contribution in [0, 0.1) is 5.92 Å². The number of carbonyl (C=O) groups is 7. The monoisotopic (exact) mass is 625 g/mol. The van der Waals surface area contributed by atoms with Crippen LogP contribution < -0.4 is 38.1 Å². The predicted molar refractivity (Wildman–Crippen MR) is 154 cm³/mol. The summed E-state index contributed by atoms with van der Waals surface area (Å²) in [7, 11) is 0. The number of aliphatic carboxylic acids is 1. The number of hydrogen-bond donors (Lipinski definition) is 8. The van der Waals surface area contributed by atoms with Gasteiger partial charge >= 0.3 is 5.97 Å². The van der Waals surface area contributed by atoms with Crippen LogP contribution >= 0.6 is 11.8 Å². The SMILES string of the molecule is CC(C)[C@@H]1NC(=O)[C@@H]2CS[C@H]3CC[C@H](NC(=O)[C@H](CC(=O)O)NC(=O)CNC(=O)[C@H](CCCN=C(N)N)NC1=O)C(=O)N32. The van der Waals surface area contributed by atoms with E-state index in [-0.39, 0.29) is 42.9 Å². The number of carbonyl (C=O) groups excluding carboxylic acids is 6. The molecule has 43 heavy (non-hydrogen) atoms. The van der Waals surface area contributed by atoms with Crippen LogP contribution in [0.4, 0.5) is 0 Å². The first-order chi connectivity index (χ1) is 20.3. The molecule has 3 fully saturated rings. The number of carboxylic acids is 1. The van der Waals surface area contributed by atoms with Gasteiger partial charge in [-0.25, -0.2) is 0 Å². The van der Waals surface area contributed by atoms with Crippen LogP contribution in [0.5, 0.6) is 0 Å². The lowest BCUT2D eigenvalue weighted by Crippen LogP contribution is -2.63. The first kappa shape index (κ1) is 33.4. The molecule has 0 saturated carbocycles. The molecule has 2 bridgehead atoms. The first-order valence-electron chi connectivity index (χ1n) is 14.0. The van der Waals surface area contributed by atoms with Crippen LogP contribution in [-0.4, -0.2) is 112 Å². The van der Waals surface area contributed by atoms with Crippen LogP contribution in [0.15, 0.2) is 4.99 Å². The third-order valence-corrected chi connectivity index (χ3v) is 8.60. The van der Waals surface area contributed by atoms with Crippen molar-refractivity contribution in [3.63, 3.8) is 0 Å².